The second kappa shape index (κ2) is 5.27. The van der Waals surface area contributed by atoms with Crippen molar-refractivity contribution >= 4 is 58.6 Å². The highest BCUT2D eigenvalue weighted by atomic mass is 127. The number of amides is 4. The van der Waals surface area contributed by atoms with Gasteiger partial charge in [-0.15, -0.1) is 0 Å². The van der Waals surface area contributed by atoms with E-state index in [1.807, 2.05) is 22.6 Å². The summed E-state index contributed by atoms with van der Waals surface area (Å²) >= 11 is 1.96. The third kappa shape index (κ3) is 2.05. The molecule has 1 atom stereocenters. The number of piperidine rings is 1. The molecule has 0 bridgehead atoms. The molecule has 2 aliphatic heterocycles. The largest absolute Gasteiger partial charge is 0.295 e. The summed E-state index contributed by atoms with van der Waals surface area (Å²) in [5, 5.41) is 2.16. The van der Waals surface area contributed by atoms with Crippen LogP contribution in [0, 0.1) is 3.57 Å². The quantitative estimate of drug-likeness (QED) is 0.447. The van der Waals surface area contributed by atoms with Crippen molar-refractivity contribution < 1.29 is 19.2 Å². The molecule has 22 heavy (non-hydrogen) atoms. The average Bonchev–Trinajstić information content (AvgIpc) is 2.73. The minimum absolute atomic E-state index is 0.0907. The van der Waals surface area contributed by atoms with Crippen LogP contribution < -0.4 is 5.32 Å². The Balaban J connectivity index is 2.07. The molecule has 4 amide bonds. The fraction of sp³-hybridized carbons (Fsp3) is 0.214. The molecule has 1 fully saturated rings. The highest BCUT2D eigenvalue weighted by molar-refractivity contribution is 14.1. The van der Waals surface area contributed by atoms with E-state index in [0.29, 0.717) is 9.26 Å². The third-order valence-corrected chi connectivity index (χ3v) is 4.59. The van der Waals surface area contributed by atoms with Crippen LogP contribution >= 0.6 is 22.6 Å². The van der Waals surface area contributed by atoms with E-state index in [-0.39, 0.29) is 24.0 Å². The van der Waals surface area contributed by atoms with Gasteiger partial charge in [0.1, 0.15) is 6.04 Å². The van der Waals surface area contributed by atoms with Gasteiger partial charge in [-0.3, -0.25) is 34.4 Å². The van der Waals surface area contributed by atoms with Gasteiger partial charge in [-0.1, -0.05) is 0 Å². The van der Waals surface area contributed by atoms with Gasteiger partial charge in [0.05, 0.1) is 16.8 Å². The van der Waals surface area contributed by atoms with E-state index in [1.165, 1.54) is 0 Å². The minimum Gasteiger partial charge on any atom is -0.295 e. The van der Waals surface area contributed by atoms with Gasteiger partial charge in [0.15, 0.2) is 0 Å². The summed E-state index contributed by atoms with van der Waals surface area (Å²) in [6.07, 6.45) is 0.219. The molecule has 8 heteroatoms. The van der Waals surface area contributed by atoms with Crippen LogP contribution in [0.5, 0.6) is 0 Å². The maximum Gasteiger partial charge on any atom is 0.264 e. The van der Waals surface area contributed by atoms with Gasteiger partial charge in [-0.2, -0.15) is 0 Å². The van der Waals surface area contributed by atoms with Crippen LogP contribution in [0.15, 0.2) is 17.1 Å². The first-order chi connectivity index (χ1) is 10.5. The maximum absolute atomic E-state index is 12.6. The van der Waals surface area contributed by atoms with Gasteiger partial charge in [0.2, 0.25) is 11.8 Å². The minimum atomic E-state index is -0.974. The summed E-state index contributed by atoms with van der Waals surface area (Å²) in [5.41, 5.74) is 0.709. The first-order valence-electron chi connectivity index (χ1n) is 6.46. The van der Waals surface area contributed by atoms with Crippen LogP contribution in [0.25, 0.3) is 0 Å². The Bertz CT molecular complexity index is 759. The predicted octanol–water partition coefficient (Wildman–Crippen LogP) is 1.02. The summed E-state index contributed by atoms with van der Waals surface area (Å²) in [6.45, 7) is 3.40. The number of nitrogens with zero attached hydrogens (tertiary/aromatic N) is 2. The lowest BCUT2D eigenvalue weighted by Crippen LogP contribution is -2.54. The molecule has 0 aromatic heterocycles. The topological polar surface area (TPSA) is 95.9 Å². The lowest BCUT2D eigenvalue weighted by molar-refractivity contribution is -0.136. The number of imide groups is 2. The van der Waals surface area contributed by atoms with Gasteiger partial charge < -0.3 is 0 Å². The Kier molecular flexibility index (Phi) is 3.55. The molecule has 1 unspecified atom stereocenters. The van der Waals surface area contributed by atoms with Crippen LogP contribution in [0.2, 0.25) is 0 Å². The van der Waals surface area contributed by atoms with E-state index < -0.39 is 29.7 Å². The summed E-state index contributed by atoms with van der Waals surface area (Å²) < 4.78 is 0.605. The Morgan fingerprint density at radius 1 is 1.18 bits per heavy atom. The fourth-order valence-corrected chi connectivity index (χ4v) is 3.35. The average molecular weight is 411 g/mol. The molecule has 0 radical (unpaired) electrons. The summed E-state index contributed by atoms with van der Waals surface area (Å²) in [6, 6.07) is 2.30. The number of nitrogens with one attached hydrogen (secondary N) is 1. The van der Waals surface area contributed by atoms with Crippen molar-refractivity contribution in [3.63, 3.8) is 0 Å². The molecule has 112 valence electrons. The number of aliphatic imine (C=N–C) groups is 1. The second-order valence-corrected chi connectivity index (χ2v) is 6.08. The Morgan fingerprint density at radius 3 is 2.50 bits per heavy atom. The SMILES string of the molecule is C=Nc1ccc(I)c2c1C(=O)N(C1CCC(=O)NC1=O)C2=O. The molecule has 2 aliphatic rings. The monoisotopic (exact) mass is 411 g/mol. The molecule has 1 N–H and O–H groups in total. The van der Waals surface area contributed by atoms with E-state index in [2.05, 4.69) is 17.0 Å². The molecule has 1 aromatic carbocycles. The van der Waals surface area contributed by atoms with Crippen LogP contribution in [0.3, 0.4) is 0 Å². The first kappa shape index (κ1) is 14.8. The third-order valence-electron chi connectivity index (χ3n) is 3.69. The molecule has 1 saturated heterocycles. The normalized spacial score (nSPS) is 21.0. The molecule has 0 aliphatic carbocycles. The molecule has 0 saturated carbocycles. The van der Waals surface area contributed by atoms with Crippen molar-refractivity contribution in [2.75, 3.05) is 0 Å². The maximum atomic E-state index is 12.6. The van der Waals surface area contributed by atoms with Gasteiger partial charge >= 0.3 is 0 Å². The zero-order valence-electron chi connectivity index (χ0n) is 11.3. The van der Waals surface area contributed by atoms with Crippen molar-refractivity contribution in [2.24, 2.45) is 4.99 Å². The molecule has 7 nitrogen and oxygen atoms in total. The van der Waals surface area contributed by atoms with Gasteiger partial charge in [0, 0.05) is 9.99 Å². The van der Waals surface area contributed by atoms with Crippen LogP contribution in [0.1, 0.15) is 33.6 Å². The van der Waals surface area contributed by atoms with Gasteiger partial charge in [0.25, 0.3) is 11.8 Å². The highest BCUT2D eigenvalue weighted by Crippen LogP contribution is 2.36. The number of rotatable bonds is 2. The number of carbonyl (C=O) groups is 4. The van der Waals surface area contributed by atoms with Crippen LogP contribution in [-0.4, -0.2) is 41.3 Å². The summed E-state index contributed by atoms with van der Waals surface area (Å²) in [5.74, 6) is -2.14. The van der Waals surface area contributed by atoms with Gasteiger partial charge in [-0.05, 0) is 47.9 Å². The Morgan fingerprint density at radius 2 is 1.86 bits per heavy atom. The number of carbonyl (C=O) groups excluding carboxylic acids is 4. The summed E-state index contributed by atoms with van der Waals surface area (Å²) in [4.78, 5) is 53.1. The lowest BCUT2D eigenvalue weighted by atomic mass is 10.0. The number of hydrogen-bond donors (Lipinski definition) is 1. The van der Waals surface area contributed by atoms with Crippen LogP contribution in [0.4, 0.5) is 5.69 Å². The molecule has 0 spiro atoms. The summed E-state index contributed by atoms with van der Waals surface area (Å²) in [7, 11) is 0. The fourth-order valence-electron chi connectivity index (χ4n) is 2.67. The van der Waals surface area contributed by atoms with Crippen molar-refractivity contribution in [3.05, 3.63) is 26.8 Å². The zero-order chi connectivity index (χ0) is 16.0. The highest BCUT2D eigenvalue weighted by Gasteiger charge is 2.46. The number of benzene rings is 1. The smallest absolute Gasteiger partial charge is 0.264 e. The Labute approximate surface area is 138 Å². The predicted molar refractivity (Wildman–Crippen MR) is 85.0 cm³/mol. The van der Waals surface area contributed by atoms with E-state index in [1.54, 1.807) is 12.1 Å². The number of halogens is 1. The van der Waals surface area contributed by atoms with Crippen molar-refractivity contribution in [3.8, 4) is 0 Å². The molecular weight excluding hydrogens is 401 g/mol. The van der Waals surface area contributed by atoms with E-state index in [9.17, 15) is 19.2 Å². The van der Waals surface area contributed by atoms with Crippen molar-refractivity contribution in [1.82, 2.24) is 10.2 Å². The van der Waals surface area contributed by atoms with E-state index in [4.69, 9.17) is 0 Å². The van der Waals surface area contributed by atoms with Crippen molar-refractivity contribution in [2.45, 2.75) is 18.9 Å². The molecular formula is C14H10IN3O4. The molecule has 3 rings (SSSR count). The standard InChI is InChI=1S/C14H10IN3O4/c1-16-7-3-2-6(15)10-11(7)14(22)18(13(10)21)8-4-5-9(19)17-12(8)20/h2-3,8H,1,4-5H2,(H,17,19,20). The van der Waals surface area contributed by atoms with E-state index in [0.717, 1.165) is 4.90 Å². The Hall–Kier alpha value is -2.10. The number of hydrogen-bond acceptors (Lipinski definition) is 5. The lowest BCUT2D eigenvalue weighted by Gasteiger charge is -2.27. The second-order valence-electron chi connectivity index (χ2n) is 4.92. The van der Waals surface area contributed by atoms with Crippen LogP contribution in [-0.2, 0) is 9.59 Å². The molecule has 2 heterocycles. The van der Waals surface area contributed by atoms with Crippen molar-refractivity contribution in [1.29, 1.82) is 0 Å². The molecule has 1 aromatic rings. The first-order valence-corrected chi connectivity index (χ1v) is 7.54. The van der Waals surface area contributed by atoms with Gasteiger partial charge in [-0.25, -0.2) is 0 Å². The zero-order valence-corrected chi connectivity index (χ0v) is 13.4. The number of fused-ring (bicyclic) bond motifs is 1. The van der Waals surface area contributed by atoms with E-state index >= 15 is 0 Å².